The van der Waals surface area contributed by atoms with Crippen LogP contribution in [0.25, 0.3) is 6.08 Å². The molecule has 0 unspecified atom stereocenters. The topological polar surface area (TPSA) is 53.8 Å². The van der Waals surface area contributed by atoms with Gasteiger partial charge in [0.15, 0.2) is 0 Å². The summed E-state index contributed by atoms with van der Waals surface area (Å²) in [5.74, 6) is 0.110. The summed E-state index contributed by atoms with van der Waals surface area (Å²) >= 11 is 0. The lowest BCUT2D eigenvalue weighted by Gasteiger charge is -2.34. The van der Waals surface area contributed by atoms with Crippen LogP contribution in [0, 0.1) is 12.7 Å². The van der Waals surface area contributed by atoms with Crippen LogP contribution in [0.1, 0.15) is 21.7 Å². The molecule has 5 nitrogen and oxygen atoms in total. The zero-order chi connectivity index (χ0) is 17.8. The Balaban J connectivity index is 1.55. The average Bonchev–Trinajstić information content (AvgIpc) is 3.06. The van der Waals surface area contributed by atoms with E-state index in [9.17, 15) is 14.0 Å². The number of hydrogen-bond donors (Lipinski definition) is 0. The van der Waals surface area contributed by atoms with Gasteiger partial charge in [0.05, 0.1) is 11.8 Å². The Labute approximate surface area is 145 Å². The van der Waals surface area contributed by atoms with Crippen molar-refractivity contribution in [2.45, 2.75) is 6.92 Å². The Morgan fingerprint density at radius 3 is 2.28 bits per heavy atom. The maximum Gasteiger partial charge on any atom is 0.257 e. The minimum Gasteiger partial charge on any atom is -0.469 e. The number of furan rings is 1. The number of amides is 2. The lowest BCUT2D eigenvalue weighted by Crippen LogP contribution is -2.50. The lowest BCUT2D eigenvalue weighted by molar-refractivity contribution is -0.127. The maximum atomic E-state index is 12.9. The third-order valence-corrected chi connectivity index (χ3v) is 4.26. The summed E-state index contributed by atoms with van der Waals surface area (Å²) in [6, 6.07) is 7.60. The predicted molar refractivity (Wildman–Crippen MR) is 91.4 cm³/mol. The fourth-order valence-corrected chi connectivity index (χ4v) is 2.75. The van der Waals surface area contributed by atoms with Crippen LogP contribution in [0.5, 0.6) is 0 Å². The summed E-state index contributed by atoms with van der Waals surface area (Å²) in [5.41, 5.74) is 1.33. The van der Waals surface area contributed by atoms with Gasteiger partial charge in [0, 0.05) is 32.3 Å². The Hall–Kier alpha value is -2.89. The molecule has 1 fully saturated rings. The Kier molecular flexibility index (Phi) is 4.97. The number of halogens is 1. The van der Waals surface area contributed by atoms with E-state index in [0.29, 0.717) is 37.5 Å². The number of rotatable bonds is 3. The van der Waals surface area contributed by atoms with E-state index in [1.807, 2.05) is 0 Å². The summed E-state index contributed by atoms with van der Waals surface area (Å²) in [5, 5.41) is 0. The number of carbonyl (C=O) groups is 2. The molecule has 0 radical (unpaired) electrons. The fourth-order valence-electron chi connectivity index (χ4n) is 2.75. The first-order valence-corrected chi connectivity index (χ1v) is 8.10. The second-order valence-corrected chi connectivity index (χ2v) is 5.89. The van der Waals surface area contributed by atoms with Gasteiger partial charge < -0.3 is 14.2 Å². The third-order valence-electron chi connectivity index (χ3n) is 4.26. The highest BCUT2D eigenvalue weighted by Gasteiger charge is 2.25. The van der Waals surface area contributed by atoms with Gasteiger partial charge in [-0.1, -0.05) is 12.1 Å². The number of piperazine rings is 1. The number of carbonyl (C=O) groups excluding carboxylic acids is 2. The van der Waals surface area contributed by atoms with Crippen molar-refractivity contribution >= 4 is 17.9 Å². The van der Waals surface area contributed by atoms with Crippen molar-refractivity contribution in [3.63, 3.8) is 0 Å². The SMILES string of the molecule is Cc1occc1C(=O)N1CCN(C(=O)/C=C/c2ccc(F)cc2)CC1. The molecule has 25 heavy (non-hydrogen) atoms. The average molecular weight is 342 g/mol. The highest BCUT2D eigenvalue weighted by atomic mass is 19.1. The Morgan fingerprint density at radius 1 is 1.04 bits per heavy atom. The molecular weight excluding hydrogens is 323 g/mol. The zero-order valence-electron chi connectivity index (χ0n) is 13.9. The quantitative estimate of drug-likeness (QED) is 0.806. The summed E-state index contributed by atoms with van der Waals surface area (Å²) in [6.45, 7) is 3.69. The number of nitrogens with zero attached hydrogens (tertiary/aromatic N) is 2. The van der Waals surface area contributed by atoms with Gasteiger partial charge in [0.25, 0.3) is 5.91 Å². The molecule has 1 aromatic carbocycles. The van der Waals surface area contributed by atoms with E-state index in [0.717, 1.165) is 5.56 Å². The molecule has 2 aromatic rings. The van der Waals surface area contributed by atoms with Gasteiger partial charge in [-0.2, -0.15) is 0 Å². The summed E-state index contributed by atoms with van der Waals surface area (Å²) in [7, 11) is 0. The molecule has 0 N–H and O–H groups in total. The molecule has 0 aliphatic carbocycles. The maximum absolute atomic E-state index is 12.9. The highest BCUT2D eigenvalue weighted by Crippen LogP contribution is 2.14. The van der Waals surface area contributed by atoms with Crippen molar-refractivity contribution in [1.82, 2.24) is 9.80 Å². The molecule has 1 aliphatic rings. The van der Waals surface area contributed by atoms with E-state index in [1.54, 1.807) is 41.0 Å². The van der Waals surface area contributed by atoms with Crippen molar-refractivity contribution in [2.24, 2.45) is 0 Å². The van der Waals surface area contributed by atoms with Gasteiger partial charge in [-0.15, -0.1) is 0 Å². The molecular formula is C19H19FN2O3. The summed E-state index contributed by atoms with van der Waals surface area (Å²) in [4.78, 5) is 28.1. The first-order valence-electron chi connectivity index (χ1n) is 8.10. The molecule has 1 saturated heterocycles. The minimum atomic E-state index is -0.308. The minimum absolute atomic E-state index is 0.0693. The molecule has 0 saturated carbocycles. The second kappa shape index (κ2) is 7.34. The Bertz CT molecular complexity index is 787. The van der Waals surface area contributed by atoms with E-state index in [1.165, 1.54) is 24.5 Å². The van der Waals surface area contributed by atoms with E-state index in [-0.39, 0.29) is 17.6 Å². The smallest absolute Gasteiger partial charge is 0.257 e. The van der Waals surface area contributed by atoms with Crippen LogP contribution < -0.4 is 0 Å². The number of hydrogen-bond acceptors (Lipinski definition) is 3. The molecule has 3 rings (SSSR count). The van der Waals surface area contributed by atoms with E-state index in [4.69, 9.17) is 4.42 Å². The van der Waals surface area contributed by atoms with Gasteiger partial charge >= 0.3 is 0 Å². The molecule has 0 atom stereocenters. The van der Waals surface area contributed by atoms with Crippen LogP contribution in [-0.4, -0.2) is 47.8 Å². The van der Waals surface area contributed by atoms with Crippen LogP contribution in [0.3, 0.4) is 0 Å². The first kappa shape index (κ1) is 17.0. The van der Waals surface area contributed by atoms with Crippen LogP contribution in [0.2, 0.25) is 0 Å². The largest absolute Gasteiger partial charge is 0.469 e. The molecule has 130 valence electrons. The summed E-state index contributed by atoms with van der Waals surface area (Å²) < 4.78 is 18.0. The van der Waals surface area contributed by atoms with Crippen LogP contribution in [0.4, 0.5) is 4.39 Å². The predicted octanol–water partition coefficient (Wildman–Crippen LogP) is 2.72. The zero-order valence-corrected chi connectivity index (χ0v) is 13.9. The van der Waals surface area contributed by atoms with Gasteiger partial charge in [0.2, 0.25) is 5.91 Å². The normalized spacial score (nSPS) is 15.0. The van der Waals surface area contributed by atoms with Crippen LogP contribution in [0.15, 0.2) is 47.1 Å². The summed E-state index contributed by atoms with van der Waals surface area (Å²) in [6.07, 6.45) is 4.64. The van der Waals surface area contributed by atoms with Crippen molar-refractivity contribution in [2.75, 3.05) is 26.2 Å². The number of aryl methyl sites for hydroxylation is 1. The van der Waals surface area contributed by atoms with E-state index < -0.39 is 0 Å². The van der Waals surface area contributed by atoms with Crippen LogP contribution >= 0.6 is 0 Å². The third kappa shape index (κ3) is 3.96. The van der Waals surface area contributed by atoms with Crippen molar-refractivity contribution in [1.29, 1.82) is 0 Å². The van der Waals surface area contributed by atoms with Crippen LogP contribution in [-0.2, 0) is 4.79 Å². The van der Waals surface area contributed by atoms with E-state index >= 15 is 0 Å². The molecule has 1 aliphatic heterocycles. The standard InChI is InChI=1S/C19H19FN2O3/c1-14-17(8-13-25-14)19(24)22-11-9-21(10-12-22)18(23)7-4-15-2-5-16(20)6-3-15/h2-8,13H,9-12H2,1H3/b7-4+. The highest BCUT2D eigenvalue weighted by molar-refractivity contribution is 5.95. The second-order valence-electron chi connectivity index (χ2n) is 5.89. The first-order chi connectivity index (χ1) is 12.0. The van der Waals surface area contributed by atoms with E-state index in [2.05, 4.69) is 0 Å². The van der Waals surface area contributed by atoms with Gasteiger partial charge in [-0.05, 0) is 36.8 Å². The molecule has 2 heterocycles. The molecule has 0 bridgehead atoms. The Morgan fingerprint density at radius 2 is 1.68 bits per heavy atom. The van der Waals surface area contributed by atoms with Gasteiger partial charge in [-0.25, -0.2) is 4.39 Å². The fraction of sp³-hybridized carbons (Fsp3) is 0.263. The van der Waals surface area contributed by atoms with Gasteiger partial charge in [0.1, 0.15) is 11.6 Å². The molecule has 0 spiro atoms. The van der Waals surface area contributed by atoms with Crippen molar-refractivity contribution in [3.05, 3.63) is 65.4 Å². The molecule has 6 heteroatoms. The number of benzene rings is 1. The van der Waals surface area contributed by atoms with Gasteiger partial charge in [-0.3, -0.25) is 9.59 Å². The monoisotopic (exact) mass is 342 g/mol. The molecule has 2 amide bonds. The van der Waals surface area contributed by atoms with Crippen molar-refractivity contribution < 1.29 is 18.4 Å². The lowest BCUT2D eigenvalue weighted by atomic mass is 10.2. The van der Waals surface area contributed by atoms with Crippen molar-refractivity contribution in [3.8, 4) is 0 Å². The molecule has 1 aromatic heterocycles.